The third-order valence-electron chi connectivity index (χ3n) is 10.4. The molecule has 296 valence electrons. The third kappa shape index (κ3) is 21.0. The number of hydrogen-bond donors (Lipinski definition) is 1. The van der Waals surface area contributed by atoms with E-state index in [1.165, 1.54) is 83.5 Å². The average molecular weight is 717 g/mol. The quantitative estimate of drug-likeness (QED) is 0.0503. The highest BCUT2D eigenvalue weighted by Crippen LogP contribution is 2.36. The number of methoxy groups -OCH3 is 3. The zero-order valence-electron chi connectivity index (χ0n) is 32.5. The first kappa shape index (κ1) is 45.3. The predicted molar refractivity (Wildman–Crippen MR) is 196 cm³/mol. The molecule has 2 heterocycles. The number of rotatable bonds is 35. The van der Waals surface area contributed by atoms with E-state index in [9.17, 15) is 4.79 Å². The number of aliphatic carboxylic acids is 1. The van der Waals surface area contributed by atoms with Crippen LogP contribution in [0.1, 0.15) is 167 Å². The summed E-state index contributed by atoms with van der Waals surface area (Å²) in [6, 6.07) is 0. The Morgan fingerprint density at radius 1 is 0.560 bits per heavy atom. The lowest BCUT2D eigenvalue weighted by molar-refractivity contribution is -0.158. The Bertz CT molecular complexity index is 785. The van der Waals surface area contributed by atoms with Gasteiger partial charge >= 0.3 is 5.97 Å². The van der Waals surface area contributed by atoms with Crippen LogP contribution in [0.2, 0.25) is 0 Å². The molecule has 0 aromatic carbocycles. The maximum absolute atomic E-state index is 10.9. The van der Waals surface area contributed by atoms with Crippen molar-refractivity contribution in [2.75, 3.05) is 41.7 Å². The molecule has 0 spiro atoms. The first-order chi connectivity index (χ1) is 24.5. The van der Waals surface area contributed by atoms with Crippen molar-refractivity contribution < 1.29 is 47.8 Å². The highest BCUT2D eigenvalue weighted by Gasteiger charge is 2.41. The molecule has 0 aromatic rings. The van der Waals surface area contributed by atoms with Gasteiger partial charge in [0.2, 0.25) is 0 Å². The molecule has 2 aliphatic rings. The van der Waals surface area contributed by atoms with Crippen LogP contribution in [0.15, 0.2) is 0 Å². The maximum atomic E-state index is 10.9. The minimum absolute atomic E-state index is 0.0385. The standard InChI is InChI=1S/C40H76O10/c1-5-6-7-8-9-13-16-19-22-34(47-31-44-3)36-25-27-38(49-36)39-28-26-37(50-39)35(48-32-45-4)23-20-17-14-11-10-12-15-18-21-33(46-30-43-2)24-29-40(41)42/h33-39H,5-32H2,1-4H3,(H,41,42)/t33-,34-,35+,36-,37-,38-,39-/m1/s1. The van der Waals surface area contributed by atoms with Crippen molar-refractivity contribution in [1.82, 2.24) is 0 Å². The predicted octanol–water partition coefficient (Wildman–Crippen LogP) is 9.35. The molecule has 10 heteroatoms. The molecule has 7 atom stereocenters. The number of unbranched alkanes of at least 4 members (excludes halogenated alkanes) is 14. The van der Waals surface area contributed by atoms with Gasteiger partial charge in [-0.1, -0.05) is 110 Å². The van der Waals surface area contributed by atoms with E-state index in [2.05, 4.69) is 6.92 Å². The SMILES string of the molecule is CCCCCCCCCC[C@@H](OCOC)[C@H]1CC[C@H]([C@H]2CC[C@H]([C@H](CCCCCCCCCC[C@H](CCC(=O)O)OCOC)OCOC)O2)O1. The maximum Gasteiger partial charge on any atom is 0.303 e. The summed E-state index contributed by atoms with van der Waals surface area (Å²) in [6.45, 7) is 3.10. The van der Waals surface area contributed by atoms with Gasteiger partial charge in [0.25, 0.3) is 0 Å². The molecular formula is C40H76O10. The summed E-state index contributed by atoms with van der Waals surface area (Å²) in [7, 11) is 4.96. The van der Waals surface area contributed by atoms with E-state index in [0.29, 0.717) is 20.0 Å². The van der Waals surface area contributed by atoms with Crippen molar-refractivity contribution in [3.63, 3.8) is 0 Å². The minimum Gasteiger partial charge on any atom is -0.481 e. The number of hydrogen-bond acceptors (Lipinski definition) is 9. The smallest absolute Gasteiger partial charge is 0.303 e. The first-order valence-electron chi connectivity index (χ1n) is 20.4. The first-order valence-corrected chi connectivity index (χ1v) is 20.4. The van der Waals surface area contributed by atoms with Gasteiger partial charge in [0.1, 0.15) is 20.4 Å². The number of ether oxygens (including phenoxy) is 8. The second-order valence-corrected chi connectivity index (χ2v) is 14.6. The van der Waals surface area contributed by atoms with Crippen molar-refractivity contribution in [3.8, 4) is 0 Å². The zero-order valence-corrected chi connectivity index (χ0v) is 32.5. The van der Waals surface area contributed by atoms with E-state index < -0.39 is 5.97 Å². The molecule has 0 aliphatic carbocycles. The Morgan fingerprint density at radius 3 is 1.38 bits per heavy atom. The van der Waals surface area contributed by atoms with Crippen LogP contribution in [0.4, 0.5) is 0 Å². The Kier molecular flexibility index (Phi) is 27.7. The number of carboxylic acids is 1. The highest BCUT2D eigenvalue weighted by atomic mass is 16.7. The molecule has 0 saturated carbocycles. The molecule has 2 rings (SSSR count). The van der Waals surface area contributed by atoms with Crippen LogP contribution in [0.25, 0.3) is 0 Å². The van der Waals surface area contributed by atoms with E-state index in [1.807, 2.05) is 0 Å². The van der Waals surface area contributed by atoms with Crippen molar-refractivity contribution in [2.45, 2.75) is 210 Å². The van der Waals surface area contributed by atoms with Crippen LogP contribution in [-0.2, 0) is 42.7 Å². The van der Waals surface area contributed by atoms with Gasteiger partial charge in [-0.3, -0.25) is 4.79 Å². The molecule has 10 nitrogen and oxygen atoms in total. The fourth-order valence-corrected chi connectivity index (χ4v) is 7.55. The summed E-state index contributed by atoms with van der Waals surface area (Å²) in [5.74, 6) is -0.776. The summed E-state index contributed by atoms with van der Waals surface area (Å²) >= 11 is 0. The lowest BCUT2D eigenvalue weighted by atomic mass is 10.00. The average Bonchev–Trinajstić information content (AvgIpc) is 3.81. The second-order valence-electron chi connectivity index (χ2n) is 14.6. The molecule has 2 fully saturated rings. The van der Waals surface area contributed by atoms with Crippen LogP contribution >= 0.6 is 0 Å². The van der Waals surface area contributed by atoms with Gasteiger partial charge < -0.3 is 43.0 Å². The highest BCUT2D eigenvalue weighted by molar-refractivity contribution is 5.66. The molecule has 2 aliphatic heterocycles. The summed E-state index contributed by atoms with van der Waals surface area (Å²) in [5.41, 5.74) is 0. The molecular weight excluding hydrogens is 640 g/mol. The van der Waals surface area contributed by atoms with E-state index in [0.717, 1.165) is 64.2 Å². The van der Waals surface area contributed by atoms with Gasteiger partial charge in [-0.2, -0.15) is 0 Å². The van der Waals surface area contributed by atoms with Gasteiger partial charge in [0.15, 0.2) is 0 Å². The van der Waals surface area contributed by atoms with Gasteiger partial charge in [-0.05, 0) is 51.4 Å². The van der Waals surface area contributed by atoms with Crippen molar-refractivity contribution in [2.24, 2.45) is 0 Å². The number of carboxylic acid groups (broad SMARTS) is 1. The third-order valence-corrected chi connectivity index (χ3v) is 10.4. The molecule has 0 unspecified atom stereocenters. The minimum atomic E-state index is -0.776. The largest absolute Gasteiger partial charge is 0.481 e. The molecule has 0 bridgehead atoms. The zero-order chi connectivity index (χ0) is 36.1. The second kappa shape index (κ2) is 30.6. The molecule has 50 heavy (non-hydrogen) atoms. The van der Waals surface area contributed by atoms with Gasteiger partial charge in [-0.15, -0.1) is 0 Å². The van der Waals surface area contributed by atoms with Crippen LogP contribution in [0.3, 0.4) is 0 Å². The van der Waals surface area contributed by atoms with E-state index >= 15 is 0 Å². The number of carbonyl (C=O) groups is 1. The lowest BCUT2D eigenvalue weighted by Crippen LogP contribution is -2.35. The lowest BCUT2D eigenvalue weighted by Gasteiger charge is -2.27. The molecule has 0 radical (unpaired) electrons. The summed E-state index contributed by atoms with van der Waals surface area (Å²) in [5, 5.41) is 8.97. The fraction of sp³-hybridized carbons (Fsp3) is 0.975. The Morgan fingerprint density at radius 2 is 0.960 bits per heavy atom. The topological polar surface area (TPSA) is 111 Å². The van der Waals surface area contributed by atoms with Crippen LogP contribution in [-0.4, -0.2) is 95.5 Å². The van der Waals surface area contributed by atoms with Gasteiger partial charge in [0, 0.05) is 27.8 Å². The van der Waals surface area contributed by atoms with Gasteiger partial charge in [0.05, 0.1) is 42.7 Å². The van der Waals surface area contributed by atoms with Crippen LogP contribution in [0, 0.1) is 0 Å². The fourth-order valence-electron chi connectivity index (χ4n) is 7.55. The normalized spacial score (nSPS) is 22.6. The van der Waals surface area contributed by atoms with Crippen molar-refractivity contribution >= 4 is 5.97 Å². The molecule has 1 N–H and O–H groups in total. The van der Waals surface area contributed by atoms with E-state index in [1.54, 1.807) is 21.3 Å². The van der Waals surface area contributed by atoms with Crippen molar-refractivity contribution in [1.29, 1.82) is 0 Å². The molecule has 0 amide bonds. The van der Waals surface area contributed by atoms with Crippen LogP contribution in [0.5, 0.6) is 0 Å². The van der Waals surface area contributed by atoms with Crippen LogP contribution < -0.4 is 0 Å². The van der Waals surface area contributed by atoms with E-state index in [-0.39, 0.29) is 55.9 Å². The molecule has 0 aromatic heterocycles. The Balaban J connectivity index is 1.64. The summed E-state index contributed by atoms with van der Waals surface area (Å²) in [4.78, 5) is 10.9. The Hall–Kier alpha value is -0.850. The summed E-state index contributed by atoms with van der Waals surface area (Å²) < 4.78 is 46.8. The Labute approximate surface area is 305 Å². The monoisotopic (exact) mass is 717 g/mol. The van der Waals surface area contributed by atoms with E-state index in [4.69, 9.17) is 43.0 Å². The molecule has 2 saturated heterocycles. The van der Waals surface area contributed by atoms with Gasteiger partial charge in [-0.25, -0.2) is 0 Å². The summed E-state index contributed by atoms with van der Waals surface area (Å²) in [6.07, 6.45) is 28.1. The van der Waals surface area contributed by atoms with Crippen molar-refractivity contribution in [3.05, 3.63) is 0 Å².